The van der Waals surface area contributed by atoms with Gasteiger partial charge in [0.15, 0.2) is 5.13 Å². The van der Waals surface area contributed by atoms with Crippen LogP contribution >= 0.6 is 11.3 Å². The Morgan fingerprint density at radius 2 is 2.40 bits per heavy atom. The highest BCUT2D eigenvalue weighted by Crippen LogP contribution is 2.11. The summed E-state index contributed by atoms with van der Waals surface area (Å²) in [5, 5.41) is 13.9. The highest BCUT2D eigenvalue weighted by atomic mass is 32.1. The molecule has 0 unspecified atom stereocenters. The molecule has 0 atom stereocenters. The highest BCUT2D eigenvalue weighted by Gasteiger charge is 2.19. The molecule has 5 nitrogen and oxygen atoms in total. The number of nitrogens with zero attached hydrogens (tertiary/aromatic N) is 1. The highest BCUT2D eigenvalue weighted by molar-refractivity contribution is 7.13. The molecule has 0 bridgehead atoms. The Balaban J connectivity index is 2.50. The first kappa shape index (κ1) is 11.9. The van der Waals surface area contributed by atoms with Gasteiger partial charge in [-0.25, -0.2) is 4.98 Å². The van der Waals surface area contributed by atoms with Gasteiger partial charge in [-0.2, -0.15) is 0 Å². The van der Waals surface area contributed by atoms with E-state index in [-0.39, 0.29) is 18.9 Å². The van der Waals surface area contributed by atoms with Gasteiger partial charge < -0.3 is 16.2 Å². The first-order chi connectivity index (χ1) is 6.93. The normalized spacial score (nSPS) is 11.4. The van der Waals surface area contributed by atoms with Gasteiger partial charge in [0.1, 0.15) is 0 Å². The molecule has 1 aromatic heterocycles. The molecule has 1 rings (SSSR count). The molecule has 1 heterocycles. The van der Waals surface area contributed by atoms with Crippen molar-refractivity contribution >= 4 is 22.4 Å². The molecule has 1 amide bonds. The smallest absolute Gasteiger partial charge is 0.226 e. The molecule has 0 saturated heterocycles. The number of hydrogen-bond donors (Lipinski definition) is 3. The Hall–Kier alpha value is -1.14. The molecule has 84 valence electrons. The predicted octanol–water partition coefficient (Wildman–Crippen LogP) is 0.155. The van der Waals surface area contributed by atoms with E-state index in [1.54, 1.807) is 19.2 Å². The van der Waals surface area contributed by atoms with Crippen LogP contribution in [0.25, 0.3) is 0 Å². The van der Waals surface area contributed by atoms with Crippen LogP contribution in [0.3, 0.4) is 0 Å². The molecule has 0 aliphatic rings. The molecule has 0 aromatic carbocycles. The minimum atomic E-state index is -0.599. The second-order valence-electron chi connectivity index (χ2n) is 3.94. The van der Waals surface area contributed by atoms with Crippen LogP contribution in [-0.4, -0.2) is 28.1 Å². The molecule has 4 N–H and O–H groups in total. The van der Waals surface area contributed by atoms with Crippen molar-refractivity contribution in [2.75, 3.05) is 12.3 Å². The summed E-state index contributed by atoms with van der Waals surface area (Å²) in [7, 11) is 0. The average molecular weight is 229 g/mol. The zero-order chi connectivity index (χ0) is 11.5. The Labute approximate surface area is 92.3 Å². The number of carbonyl (C=O) groups is 1. The Morgan fingerprint density at radius 3 is 2.87 bits per heavy atom. The maximum atomic E-state index is 11.5. The number of thiazole rings is 1. The first-order valence-electron chi connectivity index (χ1n) is 4.55. The standard InChI is InChI=1S/C9H15N3O2S/c1-9(2,5-13)12-7(14)3-6-4-15-8(10)11-6/h4,13H,3,5H2,1-2H3,(H2,10,11)(H,12,14). The summed E-state index contributed by atoms with van der Waals surface area (Å²) >= 11 is 1.31. The van der Waals surface area contributed by atoms with Crippen LogP contribution in [0.5, 0.6) is 0 Å². The summed E-state index contributed by atoms with van der Waals surface area (Å²) in [5.41, 5.74) is 5.50. The molecular weight excluding hydrogens is 214 g/mol. The van der Waals surface area contributed by atoms with E-state index < -0.39 is 5.54 Å². The van der Waals surface area contributed by atoms with Gasteiger partial charge >= 0.3 is 0 Å². The Kier molecular flexibility index (Phi) is 3.65. The molecule has 0 saturated carbocycles. The minimum absolute atomic E-state index is 0.0993. The molecule has 0 aliphatic heterocycles. The summed E-state index contributed by atoms with van der Waals surface area (Å²) in [6, 6.07) is 0. The molecular formula is C9H15N3O2S. The molecule has 1 aromatic rings. The van der Waals surface area contributed by atoms with Crippen molar-refractivity contribution in [2.24, 2.45) is 0 Å². The molecule has 15 heavy (non-hydrogen) atoms. The van der Waals surface area contributed by atoms with Crippen molar-refractivity contribution in [1.82, 2.24) is 10.3 Å². The molecule has 0 spiro atoms. The zero-order valence-electron chi connectivity index (χ0n) is 8.78. The Morgan fingerprint density at radius 1 is 1.73 bits per heavy atom. The Bertz CT molecular complexity index is 349. The zero-order valence-corrected chi connectivity index (χ0v) is 9.60. The van der Waals surface area contributed by atoms with Crippen molar-refractivity contribution in [2.45, 2.75) is 25.8 Å². The van der Waals surface area contributed by atoms with E-state index in [1.807, 2.05) is 0 Å². The third kappa shape index (κ3) is 3.85. The number of aliphatic hydroxyl groups is 1. The van der Waals surface area contributed by atoms with Gasteiger partial charge in [0.2, 0.25) is 5.91 Å². The second-order valence-corrected chi connectivity index (χ2v) is 4.83. The van der Waals surface area contributed by atoms with Crippen LogP contribution in [-0.2, 0) is 11.2 Å². The molecule has 0 fully saturated rings. The fourth-order valence-corrected chi connectivity index (χ4v) is 1.59. The van der Waals surface area contributed by atoms with Crippen LogP contribution < -0.4 is 11.1 Å². The van der Waals surface area contributed by atoms with E-state index in [0.717, 1.165) is 0 Å². The van der Waals surface area contributed by atoms with Crippen LogP contribution in [0.1, 0.15) is 19.5 Å². The van der Waals surface area contributed by atoms with Crippen molar-refractivity contribution in [3.05, 3.63) is 11.1 Å². The van der Waals surface area contributed by atoms with Gasteiger partial charge in [-0.3, -0.25) is 4.79 Å². The number of carbonyl (C=O) groups excluding carboxylic acids is 1. The molecule has 0 aliphatic carbocycles. The number of rotatable bonds is 4. The number of aromatic nitrogens is 1. The van der Waals surface area contributed by atoms with Gasteiger partial charge in [-0.05, 0) is 13.8 Å². The number of nitrogens with two attached hydrogens (primary N) is 1. The summed E-state index contributed by atoms with van der Waals surface area (Å²) in [5.74, 6) is -0.167. The number of aliphatic hydroxyl groups excluding tert-OH is 1. The van der Waals surface area contributed by atoms with Gasteiger partial charge in [-0.1, -0.05) is 0 Å². The topological polar surface area (TPSA) is 88.2 Å². The maximum Gasteiger partial charge on any atom is 0.226 e. The third-order valence-electron chi connectivity index (χ3n) is 1.78. The largest absolute Gasteiger partial charge is 0.394 e. The van der Waals surface area contributed by atoms with Crippen molar-refractivity contribution < 1.29 is 9.90 Å². The monoisotopic (exact) mass is 229 g/mol. The maximum absolute atomic E-state index is 11.5. The number of nitrogens with one attached hydrogen (secondary N) is 1. The number of anilines is 1. The van der Waals surface area contributed by atoms with Crippen molar-refractivity contribution in [3.8, 4) is 0 Å². The van der Waals surface area contributed by atoms with E-state index >= 15 is 0 Å². The van der Waals surface area contributed by atoms with Crippen molar-refractivity contribution in [1.29, 1.82) is 0 Å². The lowest BCUT2D eigenvalue weighted by Crippen LogP contribution is -2.46. The van der Waals surface area contributed by atoms with E-state index in [2.05, 4.69) is 10.3 Å². The van der Waals surface area contributed by atoms with Gasteiger partial charge in [0, 0.05) is 5.38 Å². The van der Waals surface area contributed by atoms with Crippen LogP contribution in [0.4, 0.5) is 5.13 Å². The molecule has 0 radical (unpaired) electrons. The van der Waals surface area contributed by atoms with Crippen LogP contribution in [0, 0.1) is 0 Å². The third-order valence-corrected chi connectivity index (χ3v) is 2.51. The number of hydrogen-bond acceptors (Lipinski definition) is 5. The summed E-state index contributed by atoms with van der Waals surface area (Å²) in [6.45, 7) is 3.40. The number of nitrogen functional groups attached to an aromatic ring is 1. The summed E-state index contributed by atoms with van der Waals surface area (Å²) in [4.78, 5) is 15.5. The minimum Gasteiger partial charge on any atom is -0.394 e. The lowest BCUT2D eigenvalue weighted by molar-refractivity contribution is -0.122. The summed E-state index contributed by atoms with van der Waals surface area (Å²) < 4.78 is 0. The SMILES string of the molecule is CC(C)(CO)NC(=O)Cc1csc(N)n1. The predicted molar refractivity (Wildman–Crippen MR) is 59.5 cm³/mol. The van der Waals surface area contributed by atoms with E-state index in [4.69, 9.17) is 10.8 Å². The number of amides is 1. The van der Waals surface area contributed by atoms with E-state index in [9.17, 15) is 4.79 Å². The van der Waals surface area contributed by atoms with Crippen molar-refractivity contribution in [3.63, 3.8) is 0 Å². The quantitative estimate of drug-likeness (QED) is 0.686. The average Bonchev–Trinajstić information content (AvgIpc) is 2.50. The first-order valence-corrected chi connectivity index (χ1v) is 5.43. The van der Waals surface area contributed by atoms with Gasteiger partial charge in [0.25, 0.3) is 0 Å². The fourth-order valence-electron chi connectivity index (χ4n) is 1.03. The van der Waals surface area contributed by atoms with Crippen LogP contribution in [0.15, 0.2) is 5.38 Å². The molecule has 6 heteroatoms. The van der Waals surface area contributed by atoms with Gasteiger partial charge in [0.05, 0.1) is 24.3 Å². The van der Waals surface area contributed by atoms with Gasteiger partial charge in [-0.15, -0.1) is 11.3 Å². The summed E-state index contributed by atoms with van der Waals surface area (Å²) in [6.07, 6.45) is 0.192. The van der Waals surface area contributed by atoms with E-state index in [0.29, 0.717) is 10.8 Å². The van der Waals surface area contributed by atoms with E-state index in [1.165, 1.54) is 11.3 Å². The lowest BCUT2D eigenvalue weighted by Gasteiger charge is -2.23. The second kappa shape index (κ2) is 4.59. The van der Waals surface area contributed by atoms with Crippen LogP contribution in [0.2, 0.25) is 0 Å². The fraction of sp³-hybridized carbons (Fsp3) is 0.556. The lowest BCUT2D eigenvalue weighted by atomic mass is 10.1.